The molecule has 2 atom stereocenters. The number of phenolic OH excluding ortho intramolecular Hbond substituents is 1. The maximum atomic E-state index is 10.7. The minimum Gasteiger partial charge on any atom is -0.507 e. The van der Waals surface area contributed by atoms with Crippen molar-refractivity contribution in [3.05, 3.63) is 33.9 Å². The van der Waals surface area contributed by atoms with Crippen LogP contribution in [0.5, 0.6) is 5.75 Å². The molecule has 1 aromatic carbocycles. The molecule has 1 fully saturated rings. The first-order valence-corrected chi connectivity index (χ1v) is 6.58. The van der Waals surface area contributed by atoms with Gasteiger partial charge < -0.3 is 5.11 Å². The monoisotopic (exact) mass is 262 g/mol. The van der Waals surface area contributed by atoms with Crippen LogP contribution in [0.3, 0.4) is 0 Å². The van der Waals surface area contributed by atoms with Crippen LogP contribution < -0.4 is 0 Å². The highest BCUT2D eigenvalue weighted by molar-refractivity contribution is 5.84. The summed E-state index contributed by atoms with van der Waals surface area (Å²) in [6.45, 7) is 2.18. The Labute approximate surface area is 112 Å². The van der Waals surface area contributed by atoms with Crippen molar-refractivity contribution in [1.82, 2.24) is 0 Å². The number of hydrogen-bond donors (Lipinski definition) is 1. The quantitative estimate of drug-likeness (QED) is 0.516. The molecule has 1 aliphatic carbocycles. The van der Waals surface area contributed by atoms with E-state index in [0.29, 0.717) is 11.5 Å². The lowest BCUT2D eigenvalue weighted by Crippen LogP contribution is -2.20. The minimum atomic E-state index is -0.472. The lowest BCUT2D eigenvalue weighted by atomic mass is 9.86. The Morgan fingerprint density at radius 1 is 1.42 bits per heavy atom. The average Bonchev–Trinajstić information content (AvgIpc) is 2.39. The van der Waals surface area contributed by atoms with Gasteiger partial charge in [-0.3, -0.25) is 15.1 Å². The van der Waals surface area contributed by atoms with E-state index in [1.807, 2.05) is 0 Å². The summed E-state index contributed by atoms with van der Waals surface area (Å²) in [5.41, 5.74) is 0.378. The van der Waals surface area contributed by atoms with Crippen molar-refractivity contribution in [3.8, 4) is 5.75 Å². The highest BCUT2D eigenvalue weighted by Crippen LogP contribution is 2.27. The maximum absolute atomic E-state index is 10.7. The van der Waals surface area contributed by atoms with Gasteiger partial charge in [0.2, 0.25) is 0 Å². The highest BCUT2D eigenvalue weighted by atomic mass is 16.6. The summed E-state index contributed by atoms with van der Waals surface area (Å²) in [5.74, 6) is 0.559. The van der Waals surface area contributed by atoms with Crippen LogP contribution in [0.4, 0.5) is 5.69 Å². The van der Waals surface area contributed by atoms with Crippen LogP contribution in [0.2, 0.25) is 0 Å². The Morgan fingerprint density at radius 2 is 2.16 bits per heavy atom. The van der Waals surface area contributed by atoms with E-state index in [1.165, 1.54) is 37.5 Å². The van der Waals surface area contributed by atoms with Gasteiger partial charge in [-0.2, -0.15) is 0 Å². The molecule has 5 heteroatoms. The zero-order valence-electron chi connectivity index (χ0n) is 11.0. The van der Waals surface area contributed by atoms with Crippen LogP contribution in [-0.2, 0) is 0 Å². The van der Waals surface area contributed by atoms with E-state index in [0.717, 1.165) is 6.42 Å². The fourth-order valence-electron chi connectivity index (χ4n) is 2.45. The molecule has 1 aliphatic rings. The van der Waals surface area contributed by atoms with Gasteiger partial charge in [0.15, 0.2) is 0 Å². The van der Waals surface area contributed by atoms with Gasteiger partial charge in [-0.25, -0.2) is 0 Å². The van der Waals surface area contributed by atoms with Gasteiger partial charge in [-0.1, -0.05) is 19.8 Å². The van der Waals surface area contributed by atoms with Gasteiger partial charge in [0, 0.05) is 23.9 Å². The lowest BCUT2D eigenvalue weighted by Gasteiger charge is -2.25. The molecule has 0 bridgehead atoms. The minimum absolute atomic E-state index is 0.0258. The van der Waals surface area contributed by atoms with Gasteiger partial charge in [-0.05, 0) is 24.8 Å². The topological polar surface area (TPSA) is 75.7 Å². The molecule has 102 valence electrons. The van der Waals surface area contributed by atoms with E-state index in [9.17, 15) is 15.2 Å². The predicted octanol–water partition coefficient (Wildman–Crippen LogP) is 3.30. The van der Waals surface area contributed by atoms with Crippen molar-refractivity contribution in [1.29, 1.82) is 0 Å². The van der Waals surface area contributed by atoms with Gasteiger partial charge in [0.25, 0.3) is 5.69 Å². The van der Waals surface area contributed by atoms with E-state index in [-0.39, 0.29) is 17.5 Å². The Kier molecular flexibility index (Phi) is 4.14. The number of phenols is 1. The van der Waals surface area contributed by atoms with Crippen molar-refractivity contribution in [2.45, 2.75) is 38.6 Å². The van der Waals surface area contributed by atoms with Crippen LogP contribution in [0.15, 0.2) is 23.2 Å². The summed E-state index contributed by atoms with van der Waals surface area (Å²) in [4.78, 5) is 14.7. The van der Waals surface area contributed by atoms with Gasteiger partial charge in [-0.15, -0.1) is 0 Å². The van der Waals surface area contributed by atoms with Crippen molar-refractivity contribution in [2.75, 3.05) is 0 Å². The van der Waals surface area contributed by atoms with Crippen LogP contribution in [0.25, 0.3) is 0 Å². The predicted molar refractivity (Wildman–Crippen MR) is 73.8 cm³/mol. The molecule has 0 heterocycles. The SMILES string of the molecule is C[C@H]1CCCC[C@H]1N=Cc1cc([N+](=O)[O-])ccc1O. The lowest BCUT2D eigenvalue weighted by molar-refractivity contribution is -0.384. The fraction of sp³-hybridized carbons (Fsp3) is 0.500. The molecule has 2 rings (SSSR count). The third-order valence-electron chi connectivity index (χ3n) is 3.69. The van der Waals surface area contributed by atoms with Gasteiger partial charge in [0.1, 0.15) is 5.75 Å². The molecule has 1 N–H and O–H groups in total. The summed E-state index contributed by atoms with van der Waals surface area (Å²) in [6.07, 6.45) is 6.20. The van der Waals surface area contributed by atoms with Crippen molar-refractivity contribution >= 4 is 11.9 Å². The second-order valence-electron chi connectivity index (χ2n) is 5.11. The van der Waals surface area contributed by atoms with Crippen molar-refractivity contribution < 1.29 is 10.0 Å². The second kappa shape index (κ2) is 5.82. The molecule has 19 heavy (non-hydrogen) atoms. The molecule has 0 saturated heterocycles. The number of nitrogens with zero attached hydrogens (tertiary/aromatic N) is 2. The maximum Gasteiger partial charge on any atom is 0.270 e. The van der Waals surface area contributed by atoms with Crippen LogP contribution >= 0.6 is 0 Å². The largest absolute Gasteiger partial charge is 0.507 e. The molecule has 0 aliphatic heterocycles. The Hall–Kier alpha value is -1.91. The van der Waals surface area contributed by atoms with Crippen LogP contribution in [0.1, 0.15) is 38.2 Å². The van der Waals surface area contributed by atoms with Crippen molar-refractivity contribution in [2.24, 2.45) is 10.9 Å². The smallest absolute Gasteiger partial charge is 0.270 e. The number of nitro benzene ring substituents is 1. The third-order valence-corrected chi connectivity index (χ3v) is 3.69. The molecule has 0 radical (unpaired) electrons. The number of aliphatic imine (C=N–C) groups is 1. The van der Waals surface area contributed by atoms with Crippen LogP contribution in [-0.4, -0.2) is 22.3 Å². The average molecular weight is 262 g/mol. The van der Waals surface area contributed by atoms with Gasteiger partial charge >= 0.3 is 0 Å². The number of rotatable bonds is 3. The number of non-ortho nitro benzene ring substituents is 1. The summed E-state index contributed by atoms with van der Waals surface area (Å²) in [5, 5.41) is 20.4. The van der Waals surface area contributed by atoms with Crippen LogP contribution in [0, 0.1) is 16.0 Å². The Morgan fingerprint density at radius 3 is 2.84 bits per heavy atom. The van der Waals surface area contributed by atoms with E-state index >= 15 is 0 Å². The summed E-state index contributed by atoms with van der Waals surface area (Å²) in [7, 11) is 0. The number of benzene rings is 1. The molecule has 0 unspecified atom stereocenters. The Bertz CT molecular complexity index is 499. The molecule has 0 amide bonds. The normalized spacial score (nSPS) is 23.6. The standard InChI is InChI=1S/C14H18N2O3/c1-10-4-2-3-5-13(10)15-9-11-8-12(16(18)19)6-7-14(11)17/h6-10,13,17H,2-5H2,1H3/t10-,13+/m0/s1. The third kappa shape index (κ3) is 3.30. The first-order valence-electron chi connectivity index (χ1n) is 6.58. The molecular weight excluding hydrogens is 244 g/mol. The zero-order chi connectivity index (χ0) is 13.8. The molecule has 0 spiro atoms. The molecule has 0 aromatic heterocycles. The molecule has 1 saturated carbocycles. The van der Waals surface area contributed by atoms with Crippen molar-refractivity contribution in [3.63, 3.8) is 0 Å². The molecular formula is C14H18N2O3. The van der Waals surface area contributed by atoms with E-state index in [2.05, 4.69) is 11.9 Å². The number of hydrogen-bond acceptors (Lipinski definition) is 4. The van der Waals surface area contributed by atoms with Gasteiger partial charge in [0.05, 0.1) is 11.0 Å². The molecule has 1 aromatic rings. The Balaban J connectivity index is 2.17. The fourth-order valence-corrected chi connectivity index (χ4v) is 2.45. The van der Waals surface area contributed by atoms with E-state index in [1.54, 1.807) is 6.21 Å². The molecule has 5 nitrogen and oxygen atoms in total. The number of aromatic hydroxyl groups is 1. The van der Waals surface area contributed by atoms with E-state index in [4.69, 9.17) is 0 Å². The highest BCUT2D eigenvalue weighted by Gasteiger charge is 2.20. The first kappa shape index (κ1) is 13.5. The van der Waals surface area contributed by atoms with E-state index < -0.39 is 4.92 Å². The summed E-state index contributed by atoms with van der Waals surface area (Å²) in [6, 6.07) is 4.24. The summed E-state index contributed by atoms with van der Waals surface area (Å²) >= 11 is 0. The zero-order valence-corrected chi connectivity index (χ0v) is 11.0. The second-order valence-corrected chi connectivity index (χ2v) is 5.11. The first-order chi connectivity index (χ1) is 9.08. The number of nitro groups is 1. The summed E-state index contributed by atoms with van der Waals surface area (Å²) < 4.78 is 0.